The molecule has 0 radical (unpaired) electrons. The summed E-state index contributed by atoms with van der Waals surface area (Å²) in [5.41, 5.74) is 2.00. The van der Waals surface area contributed by atoms with Gasteiger partial charge in [0.05, 0.1) is 0 Å². The number of aryl methyl sites for hydroxylation is 1. The van der Waals surface area contributed by atoms with E-state index in [1.54, 1.807) is 6.20 Å². The molecular weight excluding hydrogens is 140 g/mol. The van der Waals surface area contributed by atoms with Gasteiger partial charge in [0.1, 0.15) is 6.10 Å². The Bertz CT molecular complexity index is 237. The zero-order chi connectivity index (χ0) is 8.27. The van der Waals surface area contributed by atoms with Gasteiger partial charge in [0.25, 0.3) is 0 Å². The molecule has 3 heteroatoms. The monoisotopic (exact) mass is 152 g/mol. The predicted molar refractivity (Wildman–Crippen MR) is 42.7 cm³/mol. The minimum Gasteiger partial charge on any atom is -0.297 e. The second kappa shape index (κ2) is 3.46. The van der Waals surface area contributed by atoms with E-state index in [2.05, 4.69) is 9.82 Å². The molecule has 0 fully saturated rings. The Morgan fingerprint density at radius 3 is 2.91 bits per heavy atom. The highest BCUT2D eigenvalue weighted by Gasteiger charge is 2.06. The highest BCUT2D eigenvalue weighted by molar-refractivity contribution is 5.20. The molecule has 0 aliphatic heterocycles. The number of rotatable bonds is 2. The molecule has 1 atom stereocenters. The van der Waals surface area contributed by atoms with Crippen LogP contribution in [0.3, 0.4) is 0 Å². The molecule has 1 heterocycles. The van der Waals surface area contributed by atoms with E-state index in [1.165, 1.54) is 0 Å². The smallest absolute Gasteiger partial charge is 0.103 e. The van der Waals surface area contributed by atoms with Crippen LogP contribution in [-0.2, 0) is 4.84 Å². The summed E-state index contributed by atoms with van der Waals surface area (Å²) in [6, 6.07) is 3.83. The predicted octanol–water partition coefficient (Wildman–Crippen LogP) is 1.34. The number of hydrogen-bond acceptors (Lipinski definition) is 3. The van der Waals surface area contributed by atoms with Crippen LogP contribution >= 0.6 is 0 Å². The molecule has 0 aliphatic carbocycles. The third-order valence-electron chi connectivity index (χ3n) is 1.69. The number of pyridine rings is 1. The van der Waals surface area contributed by atoms with Crippen molar-refractivity contribution in [1.82, 2.24) is 4.98 Å². The number of nitrogens with two attached hydrogens (primary N) is 1. The molecule has 0 spiro atoms. The first-order valence-electron chi connectivity index (χ1n) is 3.52. The molecule has 0 saturated carbocycles. The summed E-state index contributed by atoms with van der Waals surface area (Å²) in [6.45, 7) is 3.83. The summed E-state index contributed by atoms with van der Waals surface area (Å²) in [5.74, 6) is 5.05. The fourth-order valence-corrected chi connectivity index (χ4v) is 1.000. The molecule has 1 aromatic heterocycles. The van der Waals surface area contributed by atoms with Crippen molar-refractivity contribution in [3.05, 3.63) is 29.6 Å². The highest BCUT2D eigenvalue weighted by Crippen LogP contribution is 2.16. The maximum absolute atomic E-state index is 5.05. The number of aromatic nitrogens is 1. The average molecular weight is 152 g/mol. The zero-order valence-electron chi connectivity index (χ0n) is 6.74. The third-order valence-corrected chi connectivity index (χ3v) is 1.69. The van der Waals surface area contributed by atoms with E-state index in [9.17, 15) is 0 Å². The average Bonchev–Trinajstić information content (AvgIpc) is 2.04. The lowest BCUT2D eigenvalue weighted by Crippen LogP contribution is -2.07. The van der Waals surface area contributed by atoms with Crippen molar-refractivity contribution in [3.63, 3.8) is 0 Å². The van der Waals surface area contributed by atoms with Crippen LogP contribution in [0.1, 0.15) is 24.3 Å². The molecule has 1 unspecified atom stereocenters. The molecule has 2 N–H and O–H groups in total. The van der Waals surface area contributed by atoms with Crippen molar-refractivity contribution in [1.29, 1.82) is 0 Å². The normalized spacial score (nSPS) is 13.0. The SMILES string of the molecule is Cc1ncccc1C(C)ON. The molecule has 60 valence electrons. The van der Waals surface area contributed by atoms with E-state index in [1.807, 2.05) is 26.0 Å². The van der Waals surface area contributed by atoms with Crippen LogP contribution < -0.4 is 5.90 Å². The van der Waals surface area contributed by atoms with E-state index in [0.717, 1.165) is 11.3 Å². The third kappa shape index (κ3) is 1.76. The lowest BCUT2D eigenvalue weighted by molar-refractivity contribution is 0.0657. The molecule has 0 aliphatic rings. The maximum atomic E-state index is 5.05. The first kappa shape index (κ1) is 8.17. The largest absolute Gasteiger partial charge is 0.297 e. The molecule has 3 nitrogen and oxygen atoms in total. The van der Waals surface area contributed by atoms with Gasteiger partial charge in [-0.05, 0) is 19.9 Å². The van der Waals surface area contributed by atoms with Gasteiger partial charge in [-0.2, -0.15) is 0 Å². The van der Waals surface area contributed by atoms with Crippen LogP contribution in [0.4, 0.5) is 0 Å². The first-order valence-corrected chi connectivity index (χ1v) is 3.52. The van der Waals surface area contributed by atoms with Gasteiger partial charge in [-0.15, -0.1) is 0 Å². The maximum Gasteiger partial charge on any atom is 0.103 e. The minimum atomic E-state index is -0.0799. The second-order valence-corrected chi connectivity index (χ2v) is 2.46. The summed E-state index contributed by atoms with van der Waals surface area (Å²) in [4.78, 5) is 8.79. The standard InChI is InChI=1S/C8H12N2O/c1-6-8(7(2)11-9)4-3-5-10-6/h3-5,7H,9H2,1-2H3. The van der Waals surface area contributed by atoms with Crippen molar-refractivity contribution in [2.24, 2.45) is 5.90 Å². The van der Waals surface area contributed by atoms with Crippen molar-refractivity contribution in [2.45, 2.75) is 20.0 Å². The van der Waals surface area contributed by atoms with Gasteiger partial charge >= 0.3 is 0 Å². The van der Waals surface area contributed by atoms with Crippen LogP contribution in [0, 0.1) is 6.92 Å². The Kier molecular flexibility index (Phi) is 2.57. The van der Waals surface area contributed by atoms with Crippen molar-refractivity contribution in [2.75, 3.05) is 0 Å². The molecule has 0 aromatic carbocycles. The number of hydrogen-bond donors (Lipinski definition) is 1. The Morgan fingerprint density at radius 2 is 2.36 bits per heavy atom. The van der Waals surface area contributed by atoms with E-state index < -0.39 is 0 Å². The van der Waals surface area contributed by atoms with Gasteiger partial charge in [-0.1, -0.05) is 6.07 Å². The van der Waals surface area contributed by atoms with E-state index in [0.29, 0.717) is 0 Å². The molecule has 0 bridgehead atoms. The quantitative estimate of drug-likeness (QED) is 0.650. The molecule has 0 saturated heterocycles. The van der Waals surface area contributed by atoms with Crippen molar-refractivity contribution >= 4 is 0 Å². The van der Waals surface area contributed by atoms with Gasteiger partial charge in [-0.3, -0.25) is 9.82 Å². The molecular formula is C8H12N2O. The second-order valence-electron chi connectivity index (χ2n) is 2.46. The summed E-state index contributed by atoms with van der Waals surface area (Å²) >= 11 is 0. The van der Waals surface area contributed by atoms with Gasteiger partial charge < -0.3 is 0 Å². The van der Waals surface area contributed by atoms with Crippen LogP contribution in [0.15, 0.2) is 18.3 Å². The topological polar surface area (TPSA) is 48.1 Å². The van der Waals surface area contributed by atoms with E-state index in [-0.39, 0.29) is 6.10 Å². The molecule has 1 rings (SSSR count). The molecule has 0 amide bonds. The van der Waals surface area contributed by atoms with Gasteiger partial charge in [0.2, 0.25) is 0 Å². The van der Waals surface area contributed by atoms with Gasteiger partial charge in [0, 0.05) is 17.5 Å². The zero-order valence-corrected chi connectivity index (χ0v) is 6.74. The summed E-state index contributed by atoms with van der Waals surface area (Å²) < 4.78 is 0. The number of nitrogens with zero attached hydrogens (tertiary/aromatic N) is 1. The van der Waals surface area contributed by atoms with Crippen LogP contribution in [0.5, 0.6) is 0 Å². The fourth-order valence-electron chi connectivity index (χ4n) is 1.000. The Labute approximate surface area is 66.2 Å². The first-order chi connectivity index (χ1) is 5.25. The van der Waals surface area contributed by atoms with Crippen LogP contribution in [0.2, 0.25) is 0 Å². The van der Waals surface area contributed by atoms with Crippen molar-refractivity contribution < 1.29 is 4.84 Å². The van der Waals surface area contributed by atoms with E-state index >= 15 is 0 Å². The fraction of sp³-hybridized carbons (Fsp3) is 0.375. The molecule has 11 heavy (non-hydrogen) atoms. The summed E-state index contributed by atoms with van der Waals surface area (Å²) in [5, 5.41) is 0. The lowest BCUT2D eigenvalue weighted by atomic mass is 10.1. The lowest BCUT2D eigenvalue weighted by Gasteiger charge is -2.09. The molecule has 1 aromatic rings. The Morgan fingerprint density at radius 1 is 1.64 bits per heavy atom. The highest BCUT2D eigenvalue weighted by atomic mass is 16.6. The Balaban J connectivity index is 2.93. The minimum absolute atomic E-state index is 0.0799. The summed E-state index contributed by atoms with van der Waals surface area (Å²) in [7, 11) is 0. The van der Waals surface area contributed by atoms with E-state index in [4.69, 9.17) is 5.90 Å². The van der Waals surface area contributed by atoms with Gasteiger partial charge in [0.15, 0.2) is 0 Å². The van der Waals surface area contributed by atoms with Crippen LogP contribution in [0.25, 0.3) is 0 Å². The Hall–Kier alpha value is -0.930. The summed E-state index contributed by atoms with van der Waals surface area (Å²) in [6.07, 6.45) is 1.67. The van der Waals surface area contributed by atoms with Gasteiger partial charge in [-0.25, -0.2) is 5.90 Å². The van der Waals surface area contributed by atoms with Crippen LogP contribution in [-0.4, -0.2) is 4.98 Å². The van der Waals surface area contributed by atoms with Crippen molar-refractivity contribution in [3.8, 4) is 0 Å².